The van der Waals surface area contributed by atoms with Gasteiger partial charge in [-0.1, -0.05) is 48.0 Å². The Kier molecular flexibility index (Phi) is 2.45. The second-order valence-electron chi connectivity index (χ2n) is 4.49. The van der Waals surface area contributed by atoms with Crippen molar-refractivity contribution in [1.29, 1.82) is 0 Å². The predicted octanol–water partition coefficient (Wildman–Crippen LogP) is 4.00. The number of rotatable bonds is 2. The van der Waals surface area contributed by atoms with Gasteiger partial charge < -0.3 is 4.57 Å². The molecule has 0 aliphatic carbocycles. The highest BCUT2D eigenvalue weighted by Crippen LogP contribution is 2.17. The molecular formula is C16H15N. The lowest BCUT2D eigenvalue weighted by atomic mass is 10.1. The second-order valence-corrected chi connectivity index (χ2v) is 4.49. The lowest BCUT2D eigenvalue weighted by molar-refractivity contribution is 0.836. The first-order valence-electron chi connectivity index (χ1n) is 5.92. The highest BCUT2D eigenvalue weighted by atomic mass is 14.9. The van der Waals surface area contributed by atoms with Gasteiger partial charge in [-0.05, 0) is 30.0 Å². The van der Waals surface area contributed by atoms with Crippen LogP contribution in [0.25, 0.3) is 10.9 Å². The molecule has 0 radical (unpaired) electrons. The molecule has 0 amide bonds. The zero-order valence-corrected chi connectivity index (χ0v) is 9.93. The summed E-state index contributed by atoms with van der Waals surface area (Å²) in [6.07, 6.45) is 2.16. The molecule has 0 N–H and O–H groups in total. The van der Waals surface area contributed by atoms with Gasteiger partial charge in [0, 0.05) is 18.3 Å². The smallest absolute Gasteiger partial charge is 0.0483 e. The average Bonchev–Trinajstić information content (AvgIpc) is 2.73. The molecular weight excluding hydrogens is 206 g/mol. The van der Waals surface area contributed by atoms with E-state index in [1.807, 2.05) is 0 Å². The fraction of sp³-hybridized carbons (Fsp3) is 0.125. The van der Waals surface area contributed by atoms with Gasteiger partial charge in [0.15, 0.2) is 0 Å². The van der Waals surface area contributed by atoms with Crippen LogP contribution in [-0.4, -0.2) is 4.57 Å². The third-order valence-corrected chi connectivity index (χ3v) is 3.12. The maximum Gasteiger partial charge on any atom is 0.0483 e. The number of para-hydroxylation sites is 1. The molecule has 0 bridgehead atoms. The van der Waals surface area contributed by atoms with Crippen molar-refractivity contribution in [3.8, 4) is 0 Å². The third kappa shape index (κ3) is 1.96. The zero-order valence-electron chi connectivity index (χ0n) is 9.93. The largest absolute Gasteiger partial charge is 0.343 e. The topological polar surface area (TPSA) is 4.93 Å². The van der Waals surface area contributed by atoms with Crippen LogP contribution in [0, 0.1) is 6.92 Å². The van der Waals surface area contributed by atoms with E-state index in [-0.39, 0.29) is 0 Å². The molecule has 0 saturated heterocycles. The molecule has 1 aromatic heterocycles. The first-order chi connectivity index (χ1) is 8.33. The minimum atomic E-state index is 0.940. The fourth-order valence-electron chi connectivity index (χ4n) is 2.29. The van der Waals surface area contributed by atoms with Crippen molar-refractivity contribution in [2.45, 2.75) is 13.5 Å². The molecule has 0 spiro atoms. The Morgan fingerprint density at radius 2 is 1.82 bits per heavy atom. The van der Waals surface area contributed by atoms with Crippen LogP contribution in [-0.2, 0) is 6.54 Å². The molecule has 0 fully saturated rings. The van der Waals surface area contributed by atoms with Crippen molar-refractivity contribution in [3.05, 3.63) is 71.9 Å². The molecule has 3 aromatic rings. The Labute approximate surface area is 101 Å². The molecule has 0 aliphatic rings. The monoisotopic (exact) mass is 221 g/mol. The Bertz CT molecular complexity index is 649. The number of hydrogen-bond donors (Lipinski definition) is 0. The predicted molar refractivity (Wildman–Crippen MR) is 72.2 cm³/mol. The molecule has 2 aromatic carbocycles. The number of fused-ring (bicyclic) bond motifs is 1. The lowest BCUT2D eigenvalue weighted by Crippen LogP contribution is -1.97. The highest BCUT2D eigenvalue weighted by molar-refractivity contribution is 5.80. The summed E-state index contributed by atoms with van der Waals surface area (Å²) in [6.45, 7) is 3.08. The maximum atomic E-state index is 2.30. The van der Waals surface area contributed by atoms with Crippen LogP contribution in [0.1, 0.15) is 11.1 Å². The summed E-state index contributed by atoms with van der Waals surface area (Å²) < 4.78 is 2.30. The third-order valence-electron chi connectivity index (χ3n) is 3.12. The van der Waals surface area contributed by atoms with Crippen LogP contribution in [0.2, 0.25) is 0 Å². The fourth-order valence-corrected chi connectivity index (χ4v) is 2.29. The van der Waals surface area contributed by atoms with Gasteiger partial charge in [0.05, 0.1) is 0 Å². The van der Waals surface area contributed by atoms with E-state index < -0.39 is 0 Å². The number of nitrogens with zero attached hydrogens (tertiary/aromatic N) is 1. The minimum absolute atomic E-state index is 0.940. The summed E-state index contributed by atoms with van der Waals surface area (Å²) in [6, 6.07) is 19.4. The number of benzene rings is 2. The molecule has 17 heavy (non-hydrogen) atoms. The summed E-state index contributed by atoms with van der Waals surface area (Å²) in [5, 5.41) is 1.31. The average molecular weight is 221 g/mol. The van der Waals surface area contributed by atoms with E-state index in [1.165, 1.54) is 22.0 Å². The van der Waals surface area contributed by atoms with Crippen molar-refractivity contribution in [2.24, 2.45) is 0 Å². The summed E-state index contributed by atoms with van der Waals surface area (Å²) in [4.78, 5) is 0. The van der Waals surface area contributed by atoms with E-state index in [0.717, 1.165) is 6.54 Å². The molecule has 0 aliphatic heterocycles. The Morgan fingerprint density at radius 3 is 2.71 bits per heavy atom. The van der Waals surface area contributed by atoms with Gasteiger partial charge in [0.2, 0.25) is 0 Å². The maximum absolute atomic E-state index is 2.30. The standard InChI is InChI=1S/C16H15N/c1-13-5-4-6-14(11-13)12-17-10-9-15-7-2-3-8-16(15)17/h2-11H,12H2,1H3. The molecule has 0 atom stereocenters. The van der Waals surface area contributed by atoms with Gasteiger partial charge in [-0.25, -0.2) is 0 Å². The lowest BCUT2D eigenvalue weighted by Gasteiger charge is -2.06. The first kappa shape index (κ1) is 10.2. The van der Waals surface area contributed by atoms with Gasteiger partial charge in [0.1, 0.15) is 0 Å². The molecule has 1 heterocycles. The van der Waals surface area contributed by atoms with Crippen molar-refractivity contribution in [1.82, 2.24) is 4.57 Å². The summed E-state index contributed by atoms with van der Waals surface area (Å²) in [5.41, 5.74) is 3.97. The number of aryl methyl sites for hydroxylation is 1. The summed E-state index contributed by atoms with van der Waals surface area (Å²) in [7, 11) is 0. The Balaban J connectivity index is 2.00. The SMILES string of the molecule is Cc1cccc(Cn2ccc3ccccc32)c1. The zero-order chi connectivity index (χ0) is 11.7. The molecule has 0 unspecified atom stereocenters. The minimum Gasteiger partial charge on any atom is -0.343 e. The highest BCUT2D eigenvalue weighted by Gasteiger charge is 2.00. The van der Waals surface area contributed by atoms with E-state index in [0.29, 0.717) is 0 Å². The van der Waals surface area contributed by atoms with Crippen molar-refractivity contribution in [2.75, 3.05) is 0 Å². The van der Waals surface area contributed by atoms with Crippen LogP contribution < -0.4 is 0 Å². The Hall–Kier alpha value is -2.02. The van der Waals surface area contributed by atoms with Crippen LogP contribution in [0.4, 0.5) is 0 Å². The van der Waals surface area contributed by atoms with Gasteiger partial charge in [0.25, 0.3) is 0 Å². The van der Waals surface area contributed by atoms with Crippen molar-refractivity contribution < 1.29 is 0 Å². The van der Waals surface area contributed by atoms with Crippen LogP contribution >= 0.6 is 0 Å². The molecule has 1 nitrogen and oxygen atoms in total. The second kappa shape index (κ2) is 4.10. The van der Waals surface area contributed by atoms with E-state index in [1.54, 1.807) is 0 Å². The van der Waals surface area contributed by atoms with Crippen LogP contribution in [0.15, 0.2) is 60.8 Å². The summed E-state index contributed by atoms with van der Waals surface area (Å²) in [5.74, 6) is 0. The molecule has 1 heteroatoms. The van der Waals surface area contributed by atoms with Crippen molar-refractivity contribution >= 4 is 10.9 Å². The van der Waals surface area contributed by atoms with Gasteiger partial charge in [-0.3, -0.25) is 0 Å². The van der Waals surface area contributed by atoms with Crippen LogP contribution in [0.5, 0.6) is 0 Å². The van der Waals surface area contributed by atoms with E-state index in [2.05, 4.69) is 72.3 Å². The normalized spacial score (nSPS) is 10.9. The van der Waals surface area contributed by atoms with Gasteiger partial charge in [-0.15, -0.1) is 0 Å². The first-order valence-corrected chi connectivity index (χ1v) is 5.92. The van der Waals surface area contributed by atoms with E-state index in [4.69, 9.17) is 0 Å². The number of aromatic nitrogens is 1. The molecule has 3 rings (SSSR count). The van der Waals surface area contributed by atoms with Gasteiger partial charge in [-0.2, -0.15) is 0 Å². The number of hydrogen-bond acceptors (Lipinski definition) is 0. The molecule has 0 saturated carbocycles. The molecule has 84 valence electrons. The Morgan fingerprint density at radius 1 is 0.941 bits per heavy atom. The van der Waals surface area contributed by atoms with Crippen LogP contribution in [0.3, 0.4) is 0 Å². The van der Waals surface area contributed by atoms with E-state index >= 15 is 0 Å². The quantitative estimate of drug-likeness (QED) is 0.616. The summed E-state index contributed by atoms with van der Waals surface area (Å²) >= 11 is 0. The van der Waals surface area contributed by atoms with Crippen molar-refractivity contribution in [3.63, 3.8) is 0 Å². The van der Waals surface area contributed by atoms with E-state index in [9.17, 15) is 0 Å². The van der Waals surface area contributed by atoms with Gasteiger partial charge >= 0.3 is 0 Å².